The molecule has 3 heterocycles. The van der Waals surface area contributed by atoms with E-state index in [9.17, 15) is 51.1 Å². The van der Waals surface area contributed by atoms with Crippen molar-refractivity contribution in [2.45, 2.75) is 86.0 Å². The summed E-state index contributed by atoms with van der Waals surface area (Å²) in [5.41, 5.74) is 0. The lowest BCUT2D eigenvalue weighted by Crippen LogP contribution is -2.61. The van der Waals surface area contributed by atoms with Crippen LogP contribution in [0.25, 0.3) is 0 Å². The molecule has 0 spiro atoms. The smallest absolute Gasteiger partial charge is 0.190 e. The highest BCUT2D eigenvalue weighted by molar-refractivity contribution is 4.94. The highest BCUT2D eigenvalue weighted by Crippen LogP contribution is 2.32. The SMILES string of the molecule is OC[C@H]1O[C@@H](O[C@@H]2[C@H](O[C@H]3O[C@H](CO)[C@@H](O)[C@H](O)[C@H]3O)O[C@H](CO)[C@H]2O)[C@H](O)[C@@H](O)[C@@H]1O. The number of aliphatic hydroxyl groups excluding tert-OH is 10. The minimum atomic E-state index is -1.80. The van der Waals surface area contributed by atoms with Gasteiger partial charge in [-0.05, 0) is 0 Å². The zero-order valence-electron chi connectivity index (χ0n) is 16.7. The molecule has 3 saturated heterocycles. The lowest BCUT2D eigenvalue weighted by molar-refractivity contribution is -0.360. The van der Waals surface area contributed by atoms with E-state index in [4.69, 9.17) is 23.7 Å². The number of aliphatic hydroxyl groups is 10. The normalized spacial score (nSPS) is 52.3. The van der Waals surface area contributed by atoms with E-state index in [1.54, 1.807) is 0 Å². The number of hydrogen-bond donors (Lipinski definition) is 10. The van der Waals surface area contributed by atoms with Gasteiger partial charge >= 0.3 is 0 Å². The van der Waals surface area contributed by atoms with Crippen LogP contribution in [0, 0.1) is 0 Å². The summed E-state index contributed by atoms with van der Waals surface area (Å²) in [5.74, 6) is 0. The Hall–Kier alpha value is -0.600. The van der Waals surface area contributed by atoms with Crippen molar-refractivity contribution in [3.05, 3.63) is 0 Å². The van der Waals surface area contributed by atoms with Gasteiger partial charge in [0.05, 0.1) is 19.8 Å². The quantitative estimate of drug-likeness (QED) is 0.165. The third-order valence-corrected chi connectivity index (χ3v) is 5.73. The van der Waals surface area contributed by atoms with Crippen molar-refractivity contribution < 1.29 is 74.7 Å². The van der Waals surface area contributed by atoms with E-state index in [0.29, 0.717) is 0 Å². The van der Waals surface area contributed by atoms with Crippen LogP contribution in [0.5, 0.6) is 0 Å². The maximum absolute atomic E-state index is 10.4. The van der Waals surface area contributed by atoms with Gasteiger partial charge in [-0.1, -0.05) is 0 Å². The maximum Gasteiger partial charge on any atom is 0.190 e. The van der Waals surface area contributed by atoms with Crippen LogP contribution in [-0.4, -0.2) is 157 Å². The van der Waals surface area contributed by atoms with Crippen molar-refractivity contribution in [1.82, 2.24) is 0 Å². The van der Waals surface area contributed by atoms with Crippen molar-refractivity contribution in [1.29, 1.82) is 0 Å². The number of rotatable bonds is 7. The molecule has 0 aliphatic carbocycles. The standard InChI is InChI=1S/C17H30O15/c18-1-4-7(21)10(24)12(26)15(28-4)31-14-9(23)6(3-20)30-17(14)32-16-13(27)11(25)8(22)5(2-19)29-16/h4-27H,1-3H2/t4-,5-,6-,7-,8-,9-,10+,11+,12-,13-,14+,15+,16-,17+/m1/s1. The Kier molecular flexibility index (Phi) is 8.75. The van der Waals surface area contributed by atoms with Crippen LogP contribution in [0.3, 0.4) is 0 Å². The fourth-order valence-electron chi connectivity index (χ4n) is 3.75. The molecule has 0 amide bonds. The molecule has 0 aromatic rings. The highest BCUT2D eigenvalue weighted by Gasteiger charge is 2.53. The van der Waals surface area contributed by atoms with Crippen LogP contribution in [0.4, 0.5) is 0 Å². The topological polar surface area (TPSA) is 248 Å². The molecule has 3 rings (SSSR count). The van der Waals surface area contributed by atoms with Gasteiger partial charge in [-0.3, -0.25) is 0 Å². The van der Waals surface area contributed by atoms with Crippen LogP contribution in [0.15, 0.2) is 0 Å². The van der Waals surface area contributed by atoms with Crippen LogP contribution >= 0.6 is 0 Å². The van der Waals surface area contributed by atoms with Gasteiger partial charge in [0.1, 0.15) is 67.1 Å². The van der Waals surface area contributed by atoms with E-state index >= 15 is 0 Å². The fraction of sp³-hybridized carbons (Fsp3) is 1.00. The third kappa shape index (κ3) is 4.92. The van der Waals surface area contributed by atoms with E-state index in [-0.39, 0.29) is 0 Å². The van der Waals surface area contributed by atoms with Crippen molar-refractivity contribution >= 4 is 0 Å². The lowest BCUT2D eigenvalue weighted by atomic mass is 9.99. The molecule has 3 fully saturated rings. The summed E-state index contributed by atoms with van der Waals surface area (Å²) in [6, 6.07) is 0. The molecule has 0 radical (unpaired) electrons. The maximum atomic E-state index is 10.4. The summed E-state index contributed by atoms with van der Waals surface area (Å²) in [6.45, 7) is -2.13. The molecule has 15 heteroatoms. The molecular formula is C17H30O15. The summed E-state index contributed by atoms with van der Waals surface area (Å²) >= 11 is 0. The van der Waals surface area contributed by atoms with Crippen molar-refractivity contribution in [3.63, 3.8) is 0 Å². The first-order valence-electron chi connectivity index (χ1n) is 10.0. The van der Waals surface area contributed by atoms with Crippen molar-refractivity contribution in [3.8, 4) is 0 Å². The Morgan fingerprint density at radius 1 is 0.438 bits per heavy atom. The van der Waals surface area contributed by atoms with Crippen molar-refractivity contribution in [2.24, 2.45) is 0 Å². The molecule has 3 aliphatic heterocycles. The zero-order chi connectivity index (χ0) is 23.7. The van der Waals surface area contributed by atoms with Gasteiger partial charge in [0.25, 0.3) is 0 Å². The molecule has 0 aromatic heterocycles. The van der Waals surface area contributed by atoms with E-state index in [2.05, 4.69) is 0 Å². The van der Waals surface area contributed by atoms with Gasteiger partial charge in [-0.25, -0.2) is 0 Å². The molecule has 0 saturated carbocycles. The van der Waals surface area contributed by atoms with Gasteiger partial charge in [0.2, 0.25) is 0 Å². The number of ether oxygens (including phenoxy) is 5. The summed E-state index contributed by atoms with van der Waals surface area (Å²) < 4.78 is 26.7. The van der Waals surface area contributed by atoms with Crippen LogP contribution in [0.1, 0.15) is 0 Å². The molecule has 0 unspecified atom stereocenters. The Morgan fingerprint density at radius 2 is 0.812 bits per heavy atom. The van der Waals surface area contributed by atoms with E-state index in [0.717, 1.165) is 0 Å². The van der Waals surface area contributed by atoms with Gasteiger partial charge < -0.3 is 74.7 Å². The van der Waals surface area contributed by atoms with Gasteiger partial charge in [0, 0.05) is 0 Å². The van der Waals surface area contributed by atoms with Gasteiger partial charge in [-0.2, -0.15) is 0 Å². The molecule has 3 aliphatic rings. The second-order valence-electron chi connectivity index (χ2n) is 7.85. The van der Waals surface area contributed by atoms with Crippen molar-refractivity contribution in [2.75, 3.05) is 19.8 Å². The third-order valence-electron chi connectivity index (χ3n) is 5.73. The molecule has 0 bridgehead atoms. The minimum absolute atomic E-state index is 0.690. The lowest BCUT2D eigenvalue weighted by Gasteiger charge is -2.42. The molecule has 32 heavy (non-hydrogen) atoms. The fourth-order valence-corrected chi connectivity index (χ4v) is 3.75. The van der Waals surface area contributed by atoms with Crippen LogP contribution < -0.4 is 0 Å². The summed E-state index contributed by atoms with van der Waals surface area (Å²) in [5, 5.41) is 98.3. The largest absolute Gasteiger partial charge is 0.394 e. The van der Waals surface area contributed by atoms with Gasteiger partial charge in [0.15, 0.2) is 18.9 Å². The Balaban J connectivity index is 1.75. The van der Waals surface area contributed by atoms with Crippen LogP contribution in [0.2, 0.25) is 0 Å². The first-order valence-corrected chi connectivity index (χ1v) is 10.0. The zero-order valence-corrected chi connectivity index (χ0v) is 16.7. The molecule has 10 N–H and O–H groups in total. The summed E-state index contributed by atoms with van der Waals surface area (Å²) in [6.07, 6.45) is -22.2. The van der Waals surface area contributed by atoms with Gasteiger partial charge in [-0.15, -0.1) is 0 Å². The average molecular weight is 474 g/mol. The highest BCUT2D eigenvalue weighted by atomic mass is 16.8. The predicted octanol–water partition coefficient (Wildman–Crippen LogP) is -6.93. The molecule has 0 aromatic carbocycles. The molecule has 188 valence electrons. The molecule has 14 atom stereocenters. The second-order valence-corrected chi connectivity index (χ2v) is 7.85. The minimum Gasteiger partial charge on any atom is -0.394 e. The average Bonchev–Trinajstić information content (AvgIpc) is 3.08. The van der Waals surface area contributed by atoms with E-state index < -0.39 is 106 Å². The Labute approximate surface area is 181 Å². The Morgan fingerprint density at radius 3 is 1.25 bits per heavy atom. The predicted molar refractivity (Wildman–Crippen MR) is 95.2 cm³/mol. The van der Waals surface area contributed by atoms with E-state index in [1.807, 2.05) is 0 Å². The first-order chi connectivity index (χ1) is 15.1. The first kappa shape index (κ1) is 26.0. The molecular weight excluding hydrogens is 444 g/mol. The Bertz CT molecular complexity index is 592. The van der Waals surface area contributed by atoms with E-state index in [1.165, 1.54) is 0 Å². The number of hydrogen-bond acceptors (Lipinski definition) is 15. The molecule has 15 nitrogen and oxygen atoms in total. The monoisotopic (exact) mass is 474 g/mol. The van der Waals surface area contributed by atoms with Crippen LogP contribution in [-0.2, 0) is 23.7 Å². The summed E-state index contributed by atoms with van der Waals surface area (Å²) in [4.78, 5) is 0. The summed E-state index contributed by atoms with van der Waals surface area (Å²) in [7, 11) is 0. The second kappa shape index (κ2) is 10.8.